The van der Waals surface area contributed by atoms with Crippen LogP contribution in [0.25, 0.3) is 0 Å². The van der Waals surface area contributed by atoms with Crippen LogP contribution in [0.15, 0.2) is 35.2 Å². The molecule has 0 amide bonds. The Kier molecular flexibility index (Phi) is 4.92. The molecule has 0 aliphatic heterocycles. The molecule has 0 fully saturated rings. The number of rotatable bonds is 6. The van der Waals surface area contributed by atoms with Gasteiger partial charge in [-0.3, -0.25) is 4.90 Å². The van der Waals surface area contributed by atoms with Crippen LogP contribution in [0.4, 0.5) is 0 Å². The van der Waals surface area contributed by atoms with Gasteiger partial charge in [0.1, 0.15) is 0 Å². The second-order valence-corrected chi connectivity index (χ2v) is 5.19. The molecule has 0 atom stereocenters. The minimum absolute atomic E-state index is 0.308. The third-order valence-corrected chi connectivity index (χ3v) is 3.83. The zero-order valence-corrected chi connectivity index (χ0v) is 10.5. The van der Waals surface area contributed by atoms with E-state index < -0.39 is 10.0 Å². The average molecular weight is 242 g/mol. The SMILES string of the molecule is CCN(CC)CNS(=O)(=O)c1ccccc1. The topological polar surface area (TPSA) is 49.4 Å². The van der Waals surface area contributed by atoms with E-state index in [1.54, 1.807) is 30.3 Å². The van der Waals surface area contributed by atoms with E-state index in [0.29, 0.717) is 11.6 Å². The summed E-state index contributed by atoms with van der Waals surface area (Å²) in [6, 6.07) is 8.40. The molecule has 1 N–H and O–H groups in total. The number of benzene rings is 1. The van der Waals surface area contributed by atoms with E-state index in [-0.39, 0.29) is 0 Å². The molecule has 5 heteroatoms. The molecular weight excluding hydrogens is 224 g/mol. The molecule has 1 rings (SSSR count). The fraction of sp³-hybridized carbons (Fsp3) is 0.455. The van der Waals surface area contributed by atoms with Crippen molar-refractivity contribution in [1.29, 1.82) is 0 Å². The third kappa shape index (κ3) is 3.59. The monoisotopic (exact) mass is 242 g/mol. The minimum atomic E-state index is -3.37. The summed E-state index contributed by atoms with van der Waals surface area (Å²) in [5, 5.41) is 0. The van der Waals surface area contributed by atoms with Gasteiger partial charge < -0.3 is 0 Å². The lowest BCUT2D eigenvalue weighted by atomic mass is 10.4. The van der Waals surface area contributed by atoms with Crippen molar-refractivity contribution in [3.63, 3.8) is 0 Å². The number of nitrogens with one attached hydrogen (secondary N) is 1. The van der Waals surface area contributed by atoms with E-state index in [9.17, 15) is 8.42 Å². The fourth-order valence-electron chi connectivity index (χ4n) is 1.31. The minimum Gasteiger partial charge on any atom is -0.290 e. The van der Waals surface area contributed by atoms with Gasteiger partial charge in [0.05, 0.1) is 11.6 Å². The Morgan fingerprint density at radius 3 is 2.19 bits per heavy atom. The Morgan fingerprint density at radius 1 is 1.12 bits per heavy atom. The molecular formula is C11H18N2O2S. The summed E-state index contributed by atoms with van der Waals surface area (Å²) in [5.41, 5.74) is 0. The quantitative estimate of drug-likeness (QED) is 0.764. The van der Waals surface area contributed by atoms with Gasteiger partial charge in [-0.2, -0.15) is 4.72 Å². The van der Waals surface area contributed by atoms with Crippen molar-refractivity contribution in [2.75, 3.05) is 19.8 Å². The average Bonchev–Trinajstić information content (AvgIpc) is 2.31. The second kappa shape index (κ2) is 5.98. The van der Waals surface area contributed by atoms with E-state index in [0.717, 1.165) is 13.1 Å². The standard InChI is InChI=1S/C11H18N2O2S/c1-3-13(4-2)10-12-16(14,15)11-8-6-5-7-9-11/h5-9,12H,3-4,10H2,1-2H3. The first kappa shape index (κ1) is 13.2. The molecule has 1 aromatic rings. The first-order chi connectivity index (χ1) is 7.60. The van der Waals surface area contributed by atoms with Crippen molar-refractivity contribution in [1.82, 2.24) is 9.62 Å². The predicted molar refractivity (Wildman–Crippen MR) is 64.6 cm³/mol. The molecule has 0 aliphatic carbocycles. The second-order valence-electron chi connectivity index (χ2n) is 3.42. The zero-order chi connectivity index (χ0) is 12.0. The molecule has 1 aromatic carbocycles. The van der Waals surface area contributed by atoms with Gasteiger partial charge in [0.2, 0.25) is 10.0 Å². The summed E-state index contributed by atoms with van der Waals surface area (Å²) in [4.78, 5) is 2.31. The number of hydrogen-bond acceptors (Lipinski definition) is 3. The Balaban J connectivity index is 2.67. The highest BCUT2D eigenvalue weighted by Crippen LogP contribution is 2.06. The van der Waals surface area contributed by atoms with Crippen LogP contribution < -0.4 is 4.72 Å². The first-order valence-corrected chi connectivity index (χ1v) is 6.85. The van der Waals surface area contributed by atoms with Crippen LogP contribution in [0.1, 0.15) is 13.8 Å². The van der Waals surface area contributed by atoms with Crippen LogP contribution in [0, 0.1) is 0 Å². The molecule has 0 saturated carbocycles. The van der Waals surface area contributed by atoms with Gasteiger partial charge in [-0.15, -0.1) is 0 Å². The zero-order valence-electron chi connectivity index (χ0n) is 9.68. The van der Waals surface area contributed by atoms with E-state index >= 15 is 0 Å². The number of sulfonamides is 1. The van der Waals surface area contributed by atoms with Gasteiger partial charge in [-0.25, -0.2) is 8.42 Å². The molecule has 0 radical (unpaired) electrons. The largest absolute Gasteiger partial charge is 0.290 e. The van der Waals surface area contributed by atoms with Crippen molar-refractivity contribution < 1.29 is 8.42 Å². The number of hydrogen-bond donors (Lipinski definition) is 1. The summed E-state index contributed by atoms with van der Waals surface area (Å²) >= 11 is 0. The predicted octanol–water partition coefficient (Wildman–Crippen LogP) is 1.26. The Morgan fingerprint density at radius 2 is 1.69 bits per heavy atom. The smallest absolute Gasteiger partial charge is 0.241 e. The molecule has 0 aliphatic rings. The maximum atomic E-state index is 11.8. The van der Waals surface area contributed by atoms with Gasteiger partial charge in [-0.1, -0.05) is 32.0 Å². The Labute approximate surface area is 97.3 Å². The van der Waals surface area contributed by atoms with Crippen molar-refractivity contribution in [2.24, 2.45) is 0 Å². The highest BCUT2D eigenvalue weighted by Gasteiger charge is 2.13. The van der Waals surface area contributed by atoms with Crippen molar-refractivity contribution in [3.8, 4) is 0 Å². The maximum absolute atomic E-state index is 11.8. The first-order valence-electron chi connectivity index (χ1n) is 5.37. The molecule has 0 bridgehead atoms. The Hall–Kier alpha value is -0.910. The van der Waals surface area contributed by atoms with Crippen LogP contribution in [-0.4, -0.2) is 33.1 Å². The van der Waals surface area contributed by atoms with Gasteiger partial charge >= 0.3 is 0 Å². The number of nitrogens with zero attached hydrogens (tertiary/aromatic N) is 1. The van der Waals surface area contributed by atoms with Crippen LogP contribution in [0.2, 0.25) is 0 Å². The normalized spacial score (nSPS) is 11.9. The fourth-order valence-corrected chi connectivity index (χ4v) is 2.34. The van der Waals surface area contributed by atoms with Gasteiger partial charge in [-0.05, 0) is 25.2 Å². The van der Waals surface area contributed by atoms with Crippen LogP contribution in [0.5, 0.6) is 0 Å². The molecule has 0 saturated heterocycles. The van der Waals surface area contributed by atoms with Crippen molar-refractivity contribution in [2.45, 2.75) is 18.7 Å². The molecule has 16 heavy (non-hydrogen) atoms. The maximum Gasteiger partial charge on any atom is 0.241 e. The van der Waals surface area contributed by atoms with Crippen LogP contribution in [0.3, 0.4) is 0 Å². The molecule has 90 valence electrons. The van der Waals surface area contributed by atoms with E-state index in [1.165, 1.54) is 0 Å². The van der Waals surface area contributed by atoms with Gasteiger partial charge in [0, 0.05) is 0 Å². The van der Waals surface area contributed by atoms with E-state index in [2.05, 4.69) is 4.72 Å². The van der Waals surface area contributed by atoms with Gasteiger partial charge in [0.15, 0.2) is 0 Å². The molecule has 0 spiro atoms. The lowest BCUT2D eigenvalue weighted by Crippen LogP contribution is -2.37. The molecule has 0 aromatic heterocycles. The summed E-state index contributed by atoms with van der Waals surface area (Å²) in [5.74, 6) is 0. The van der Waals surface area contributed by atoms with E-state index in [1.807, 2.05) is 18.7 Å². The lowest BCUT2D eigenvalue weighted by molar-refractivity contribution is 0.300. The van der Waals surface area contributed by atoms with Crippen molar-refractivity contribution in [3.05, 3.63) is 30.3 Å². The van der Waals surface area contributed by atoms with Crippen molar-refractivity contribution >= 4 is 10.0 Å². The highest BCUT2D eigenvalue weighted by molar-refractivity contribution is 7.89. The van der Waals surface area contributed by atoms with Crippen LogP contribution in [-0.2, 0) is 10.0 Å². The van der Waals surface area contributed by atoms with Crippen LogP contribution >= 0.6 is 0 Å². The highest BCUT2D eigenvalue weighted by atomic mass is 32.2. The summed E-state index contributed by atoms with van der Waals surface area (Å²) in [6.45, 7) is 6.01. The molecule has 0 heterocycles. The third-order valence-electron chi connectivity index (χ3n) is 2.43. The Bertz CT molecular complexity index is 399. The lowest BCUT2D eigenvalue weighted by Gasteiger charge is -2.18. The van der Waals surface area contributed by atoms with Gasteiger partial charge in [0.25, 0.3) is 0 Å². The molecule has 4 nitrogen and oxygen atoms in total. The summed E-state index contributed by atoms with van der Waals surface area (Å²) < 4.78 is 26.2. The molecule has 0 unspecified atom stereocenters. The van der Waals surface area contributed by atoms with E-state index in [4.69, 9.17) is 0 Å². The summed E-state index contributed by atoms with van der Waals surface area (Å²) in [7, 11) is -3.37. The summed E-state index contributed by atoms with van der Waals surface area (Å²) in [6.07, 6.45) is 0.